The van der Waals surface area contributed by atoms with Crippen LogP contribution in [0.5, 0.6) is 0 Å². The number of amides is 1. The van der Waals surface area contributed by atoms with E-state index in [2.05, 4.69) is 17.2 Å². The highest BCUT2D eigenvalue weighted by molar-refractivity contribution is 7.89. The topological polar surface area (TPSA) is 89.3 Å². The van der Waals surface area contributed by atoms with E-state index in [-0.39, 0.29) is 17.3 Å². The lowest BCUT2D eigenvalue weighted by Gasteiger charge is -1.97. The minimum atomic E-state index is -3.71. The van der Waals surface area contributed by atoms with Gasteiger partial charge in [0, 0.05) is 12.5 Å². The molecule has 0 atom stereocenters. The third kappa shape index (κ3) is 4.68. The van der Waals surface area contributed by atoms with Crippen LogP contribution in [0, 0.1) is 11.8 Å². The minimum Gasteiger partial charge on any atom is -0.345 e. The number of carbonyl (C=O) groups excluding carboxylic acids is 1. The molecular weight excluding hydrogens is 240 g/mol. The maximum atomic E-state index is 11.1. The molecule has 3 N–H and O–H groups in total. The number of nitrogens with one attached hydrogen (secondary N) is 1. The van der Waals surface area contributed by atoms with Crippen molar-refractivity contribution in [1.29, 1.82) is 0 Å². The van der Waals surface area contributed by atoms with Crippen molar-refractivity contribution in [2.75, 3.05) is 6.54 Å². The maximum absolute atomic E-state index is 11.1. The Kier molecular flexibility index (Phi) is 4.26. The molecule has 1 rings (SSSR count). The fourth-order valence-electron chi connectivity index (χ4n) is 1.07. The van der Waals surface area contributed by atoms with Gasteiger partial charge in [-0.3, -0.25) is 4.79 Å². The van der Waals surface area contributed by atoms with E-state index in [0.29, 0.717) is 5.56 Å². The quantitative estimate of drug-likeness (QED) is 0.716. The molecule has 0 fully saturated rings. The van der Waals surface area contributed by atoms with Crippen LogP contribution in [0.4, 0.5) is 0 Å². The summed E-state index contributed by atoms with van der Waals surface area (Å²) < 4.78 is 22.2. The van der Waals surface area contributed by atoms with Gasteiger partial charge in [0.1, 0.15) is 0 Å². The number of benzene rings is 1. The monoisotopic (exact) mass is 252 g/mol. The van der Waals surface area contributed by atoms with Gasteiger partial charge in [0.2, 0.25) is 15.9 Å². The fraction of sp³-hybridized carbons (Fsp3) is 0.182. The van der Waals surface area contributed by atoms with Gasteiger partial charge in [0.05, 0.1) is 11.4 Å². The minimum absolute atomic E-state index is 0.0174. The van der Waals surface area contributed by atoms with Crippen LogP contribution in [-0.2, 0) is 14.8 Å². The van der Waals surface area contributed by atoms with Crippen LogP contribution in [0.25, 0.3) is 0 Å². The molecule has 0 bridgehead atoms. The van der Waals surface area contributed by atoms with Gasteiger partial charge in [-0.25, -0.2) is 13.6 Å². The number of hydrogen-bond donors (Lipinski definition) is 2. The Morgan fingerprint density at radius 2 is 2.18 bits per heavy atom. The summed E-state index contributed by atoms with van der Waals surface area (Å²) in [5, 5.41) is 7.49. The second-order valence-corrected chi connectivity index (χ2v) is 4.85. The molecule has 0 aromatic heterocycles. The van der Waals surface area contributed by atoms with Crippen molar-refractivity contribution in [3.63, 3.8) is 0 Å². The number of hydrogen-bond acceptors (Lipinski definition) is 3. The Morgan fingerprint density at radius 3 is 2.76 bits per heavy atom. The van der Waals surface area contributed by atoms with E-state index in [9.17, 15) is 13.2 Å². The van der Waals surface area contributed by atoms with Crippen LogP contribution in [0.3, 0.4) is 0 Å². The zero-order valence-corrected chi connectivity index (χ0v) is 10.0. The van der Waals surface area contributed by atoms with Crippen molar-refractivity contribution in [3.05, 3.63) is 29.8 Å². The SMILES string of the molecule is CC(=O)NCC#Cc1cccc(S(N)(=O)=O)c1. The number of nitrogens with two attached hydrogens (primary N) is 1. The zero-order valence-electron chi connectivity index (χ0n) is 9.23. The molecule has 90 valence electrons. The summed E-state index contributed by atoms with van der Waals surface area (Å²) in [7, 11) is -3.71. The van der Waals surface area contributed by atoms with Gasteiger partial charge in [-0.2, -0.15) is 0 Å². The van der Waals surface area contributed by atoms with E-state index in [1.54, 1.807) is 12.1 Å². The Labute approximate surface area is 100 Å². The van der Waals surface area contributed by atoms with E-state index < -0.39 is 10.0 Å². The van der Waals surface area contributed by atoms with Crippen molar-refractivity contribution < 1.29 is 13.2 Å². The zero-order chi connectivity index (χ0) is 12.9. The van der Waals surface area contributed by atoms with Gasteiger partial charge >= 0.3 is 0 Å². The third-order valence-corrected chi connectivity index (χ3v) is 2.73. The molecule has 5 nitrogen and oxygen atoms in total. The van der Waals surface area contributed by atoms with Gasteiger partial charge in [0.25, 0.3) is 0 Å². The molecule has 0 aliphatic heterocycles. The van der Waals surface area contributed by atoms with Gasteiger partial charge in [0.15, 0.2) is 0 Å². The molecule has 1 aromatic carbocycles. The Balaban J connectivity index is 2.83. The summed E-state index contributed by atoms with van der Waals surface area (Å²) in [6.07, 6.45) is 0. The Bertz CT molecular complexity index is 582. The summed E-state index contributed by atoms with van der Waals surface area (Å²) in [5.41, 5.74) is 0.530. The fourth-order valence-corrected chi connectivity index (χ4v) is 1.63. The number of rotatable bonds is 2. The summed E-state index contributed by atoms with van der Waals surface area (Å²) >= 11 is 0. The first-order valence-electron chi connectivity index (χ1n) is 4.76. The largest absolute Gasteiger partial charge is 0.345 e. The van der Waals surface area contributed by atoms with Gasteiger partial charge < -0.3 is 5.32 Å². The van der Waals surface area contributed by atoms with E-state index in [0.717, 1.165) is 0 Å². The van der Waals surface area contributed by atoms with Crippen molar-refractivity contribution in [2.24, 2.45) is 5.14 Å². The molecule has 0 aliphatic carbocycles. The average Bonchev–Trinajstić information content (AvgIpc) is 2.23. The highest BCUT2D eigenvalue weighted by Gasteiger charge is 2.06. The van der Waals surface area contributed by atoms with E-state index in [1.807, 2.05) is 0 Å². The van der Waals surface area contributed by atoms with Crippen LogP contribution < -0.4 is 10.5 Å². The van der Waals surface area contributed by atoms with Gasteiger partial charge in [-0.05, 0) is 18.2 Å². The number of sulfonamides is 1. The van der Waals surface area contributed by atoms with Crippen molar-refractivity contribution in [1.82, 2.24) is 5.32 Å². The molecule has 0 spiro atoms. The van der Waals surface area contributed by atoms with Crippen LogP contribution in [-0.4, -0.2) is 20.9 Å². The van der Waals surface area contributed by atoms with Crippen LogP contribution in [0.2, 0.25) is 0 Å². The van der Waals surface area contributed by atoms with Crippen molar-refractivity contribution in [3.8, 4) is 11.8 Å². The maximum Gasteiger partial charge on any atom is 0.238 e. The lowest BCUT2D eigenvalue weighted by molar-refractivity contribution is -0.118. The second kappa shape index (κ2) is 5.48. The molecule has 1 aromatic rings. The summed E-state index contributed by atoms with van der Waals surface area (Å²) in [6.45, 7) is 1.61. The first kappa shape index (κ1) is 13.2. The van der Waals surface area contributed by atoms with Crippen LogP contribution in [0.1, 0.15) is 12.5 Å². The van der Waals surface area contributed by atoms with Gasteiger partial charge in [-0.1, -0.05) is 17.9 Å². The lowest BCUT2D eigenvalue weighted by Crippen LogP contribution is -2.19. The predicted octanol–water partition coefficient (Wildman–Crippen LogP) is -0.178. The van der Waals surface area contributed by atoms with Crippen molar-refractivity contribution in [2.45, 2.75) is 11.8 Å². The van der Waals surface area contributed by atoms with E-state index in [1.165, 1.54) is 19.1 Å². The standard InChI is InChI=1S/C11H12N2O3S/c1-9(14)13-7-3-5-10-4-2-6-11(8-10)17(12,15)16/h2,4,6,8H,7H2,1H3,(H,13,14)(H2,12,15,16). The first-order valence-corrected chi connectivity index (χ1v) is 6.30. The Hall–Kier alpha value is -1.84. The highest BCUT2D eigenvalue weighted by atomic mass is 32.2. The molecule has 0 saturated heterocycles. The number of carbonyl (C=O) groups is 1. The molecule has 0 unspecified atom stereocenters. The van der Waals surface area contributed by atoms with E-state index in [4.69, 9.17) is 5.14 Å². The van der Waals surface area contributed by atoms with Crippen molar-refractivity contribution >= 4 is 15.9 Å². The van der Waals surface area contributed by atoms with Gasteiger partial charge in [-0.15, -0.1) is 0 Å². The molecular formula is C11H12N2O3S. The van der Waals surface area contributed by atoms with Crippen LogP contribution >= 0.6 is 0 Å². The highest BCUT2D eigenvalue weighted by Crippen LogP contribution is 2.08. The number of primary sulfonamides is 1. The molecule has 0 aliphatic rings. The second-order valence-electron chi connectivity index (χ2n) is 3.28. The molecule has 0 saturated carbocycles. The van der Waals surface area contributed by atoms with E-state index >= 15 is 0 Å². The normalized spacial score (nSPS) is 10.2. The van der Waals surface area contributed by atoms with Crippen LogP contribution in [0.15, 0.2) is 29.2 Å². The molecule has 0 heterocycles. The summed E-state index contributed by atoms with van der Waals surface area (Å²) in [6, 6.07) is 6.00. The predicted molar refractivity (Wildman–Crippen MR) is 63.4 cm³/mol. The Morgan fingerprint density at radius 1 is 1.47 bits per heavy atom. The smallest absolute Gasteiger partial charge is 0.238 e. The third-order valence-electron chi connectivity index (χ3n) is 1.82. The summed E-state index contributed by atoms with van der Waals surface area (Å²) in [4.78, 5) is 10.6. The summed E-state index contributed by atoms with van der Waals surface area (Å²) in [5.74, 6) is 5.25. The molecule has 1 amide bonds. The molecule has 6 heteroatoms. The lowest BCUT2D eigenvalue weighted by atomic mass is 10.2. The molecule has 0 radical (unpaired) electrons. The first-order chi connectivity index (χ1) is 7.89. The molecule has 17 heavy (non-hydrogen) atoms. The average molecular weight is 252 g/mol.